The topological polar surface area (TPSA) is 106 Å². The molecule has 3 aromatic rings. The van der Waals surface area contributed by atoms with Crippen LogP contribution in [0.3, 0.4) is 0 Å². The van der Waals surface area contributed by atoms with Crippen molar-refractivity contribution in [1.29, 1.82) is 0 Å². The molecule has 1 heterocycles. The zero-order valence-electron chi connectivity index (χ0n) is 13.7. The highest BCUT2D eigenvalue weighted by Crippen LogP contribution is 2.32. The molecule has 1 atom stereocenters. The highest BCUT2D eigenvalue weighted by Gasteiger charge is 2.18. The number of phenolic OH excluding ortho intramolecular Hbond substituents is 1. The third-order valence-corrected chi connectivity index (χ3v) is 4.26. The van der Waals surface area contributed by atoms with Crippen molar-refractivity contribution < 1.29 is 14.6 Å². The molecule has 0 amide bonds. The molecule has 0 fully saturated rings. The van der Waals surface area contributed by atoms with Crippen molar-refractivity contribution >= 4 is 15.9 Å². The summed E-state index contributed by atoms with van der Waals surface area (Å²) in [6.07, 6.45) is 0. The lowest BCUT2D eigenvalue weighted by Crippen LogP contribution is -2.14. The predicted octanol–water partition coefficient (Wildman–Crippen LogP) is 3.01. The van der Waals surface area contributed by atoms with Crippen molar-refractivity contribution in [3.05, 3.63) is 52.3 Å². The second kappa shape index (κ2) is 7.12. The van der Waals surface area contributed by atoms with E-state index in [1.807, 2.05) is 6.07 Å². The summed E-state index contributed by atoms with van der Waals surface area (Å²) in [7, 11) is 3.14. The quantitative estimate of drug-likeness (QED) is 0.603. The van der Waals surface area contributed by atoms with Crippen molar-refractivity contribution in [2.75, 3.05) is 14.2 Å². The standard InChI is InChI=1S/C17H17BrN4O3/c1-24-13-6-3-9(7-14(13)25-2)15(19)17-20-16(21-22-17)11-8-10(18)4-5-12(11)23/h3-8,15,23H,19H2,1-2H3,(H,20,21,22)/t15-/m1/s1. The summed E-state index contributed by atoms with van der Waals surface area (Å²) in [6.45, 7) is 0. The van der Waals surface area contributed by atoms with Crippen LogP contribution >= 0.6 is 15.9 Å². The van der Waals surface area contributed by atoms with Crippen molar-refractivity contribution in [2.45, 2.75) is 6.04 Å². The van der Waals surface area contributed by atoms with E-state index in [-0.39, 0.29) is 5.75 Å². The van der Waals surface area contributed by atoms with Gasteiger partial charge < -0.3 is 20.3 Å². The number of halogens is 1. The second-order valence-electron chi connectivity index (χ2n) is 5.30. The summed E-state index contributed by atoms with van der Waals surface area (Å²) < 4.78 is 11.3. The number of rotatable bonds is 5. The smallest absolute Gasteiger partial charge is 0.184 e. The van der Waals surface area contributed by atoms with Gasteiger partial charge in [0, 0.05) is 4.47 Å². The molecule has 2 aromatic carbocycles. The zero-order chi connectivity index (χ0) is 18.0. The molecule has 1 aromatic heterocycles. The first-order valence-electron chi connectivity index (χ1n) is 7.42. The van der Waals surface area contributed by atoms with Gasteiger partial charge in [-0.05, 0) is 35.9 Å². The first-order valence-corrected chi connectivity index (χ1v) is 8.21. The average Bonchev–Trinajstić information content (AvgIpc) is 3.12. The summed E-state index contributed by atoms with van der Waals surface area (Å²) >= 11 is 3.37. The second-order valence-corrected chi connectivity index (χ2v) is 6.21. The number of nitrogens with zero attached hydrogens (tertiary/aromatic N) is 2. The van der Waals surface area contributed by atoms with Crippen LogP contribution in [0.1, 0.15) is 17.4 Å². The molecule has 0 radical (unpaired) electrons. The summed E-state index contributed by atoms with van der Waals surface area (Å²) in [4.78, 5) is 4.41. The van der Waals surface area contributed by atoms with Crippen LogP contribution in [0, 0.1) is 0 Å². The number of benzene rings is 2. The van der Waals surface area contributed by atoms with Crippen LogP contribution in [0.5, 0.6) is 17.2 Å². The molecular formula is C17H17BrN4O3. The van der Waals surface area contributed by atoms with E-state index in [4.69, 9.17) is 15.2 Å². The van der Waals surface area contributed by atoms with Crippen molar-refractivity contribution in [3.8, 4) is 28.6 Å². The van der Waals surface area contributed by atoms with E-state index < -0.39 is 6.04 Å². The summed E-state index contributed by atoms with van der Waals surface area (Å²) in [5, 5.41) is 17.0. The van der Waals surface area contributed by atoms with Crippen LogP contribution in [0.15, 0.2) is 40.9 Å². The molecule has 7 nitrogen and oxygen atoms in total. The van der Waals surface area contributed by atoms with Gasteiger partial charge in [0.15, 0.2) is 17.3 Å². The molecule has 25 heavy (non-hydrogen) atoms. The Morgan fingerprint density at radius 1 is 1.12 bits per heavy atom. The number of aromatic hydroxyl groups is 1. The predicted molar refractivity (Wildman–Crippen MR) is 96.8 cm³/mol. The lowest BCUT2D eigenvalue weighted by atomic mass is 10.1. The van der Waals surface area contributed by atoms with E-state index in [1.54, 1.807) is 44.6 Å². The van der Waals surface area contributed by atoms with Crippen molar-refractivity contribution in [2.24, 2.45) is 5.73 Å². The lowest BCUT2D eigenvalue weighted by Gasteiger charge is -2.13. The fourth-order valence-electron chi connectivity index (χ4n) is 2.43. The molecular weight excluding hydrogens is 388 g/mol. The first-order chi connectivity index (χ1) is 12.0. The monoisotopic (exact) mass is 404 g/mol. The van der Waals surface area contributed by atoms with Crippen molar-refractivity contribution in [3.63, 3.8) is 0 Å². The van der Waals surface area contributed by atoms with E-state index in [0.29, 0.717) is 28.7 Å². The molecule has 0 saturated carbocycles. The number of nitrogens with two attached hydrogens (primary N) is 1. The molecule has 0 aliphatic heterocycles. The van der Waals surface area contributed by atoms with Gasteiger partial charge in [-0.25, -0.2) is 4.98 Å². The Morgan fingerprint density at radius 3 is 2.60 bits per heavy atom. The van der Waals surface area contributed by atoms with Gasteiger partial charge in [-0.2, -0.15) is 5.10 Å². The fourth-order valence-corrected chi connectivity index (χ4v) is 2.79. The molecule has 4 N–H and O–H groups in total. The Morgan fingerprint density at radius 2 is 1.88 bits per heavy atom. The van der Waals surface area contributed by atoms with E-state index in [9.17, 15) is 5.11 Å². The van der Waals surface area contributed by atoms with E-state index in [1.165, 1.54) is 0 Å². The van der Waals surface area contributed by atoms with Gasteiger partial charge in [-0.3, -0.25) is 5.10 Å². The minimum atomic E-state index is -0.532. The molecule has 3 rings (SSSR count). The third kappa shape index (κ3) is 3.45. The van der Waals surface area contributed by atoms with E-state index >= 15 is 0 Å². The summed E-state index contributed by atoms with van der Waals surface area (Å²) in [6, 6.07) is 9.93. The van der Waals surface area contributed by atoms with Crippen LogP contribution < -0.4 is 15.2 Å². The molecule has 0 saturated heterocycles. The zero-order valence-corrected chi connectivity index (χ0v) is 15.2. The van der Waals surface area contributed by atoms with Crippen molar-refractivity contribution in [1.82, 2.24) is 15.2 Å². The summed E-state index contributed by atoms with van der Waals surface area (Å²) in [5.74, 6) is 2.13. The van der Waals surface area contributed by atoms with Gasteiger partial charge in [0.05, 0.1) is 25.8 Å². The highest BCUT2D eigenvalue weighted by atomic mass is 79.9. The van der Waals surface area contributed by atoms with E-state index in [2.05, 4.69) is 31.1 Å². The Hall–Kier alpha value is -2.58. The van der Waals surface area contributed by atoms with Gasteiger partial charge >= 0.3 is 0 Å². The average molecular weight is 405 g/mol. The fraction of sp³-hybridized carbons (Fsp3) is 0.176. The summed E-state index contributed by atoms with van der Waals surface area (Å²) in [5.41, 5.74) is 7.59. The van der Waals surface area contributed by atoms with Gasteiger partial charge in [0.25, 0.3) is 0 Å². The van der Waals surface area contributed by atoms with Crippen LogP contribution in [0.2, 0.25) is 0 Å². The first kappa shape index (κ1) is 17.2. The highest BCUT2D eigenvalue weighted by molar-refractivity contribution is 9.10. The maximum atomic E-state index is 10.0. The number of phenols is 1. The third-order valence-electron chi connectivity index (χ3n) is 3.76. The Kier molecular flexibility index (Phi) is 4.91. The van der Waals surface area contributed by atoms with Crippen LogP contribution in [0.25, 0.3) is 11.4 Å². The molecule has 0 spiro atoms. The molecule has 8 heteroatoms. The number of H-pyrrole nitrogens is 1. The number of aromatic amines is 1. The Balaban J connectivity index is 1.93. The number of ether oxygens (including phenoxy) is 2. The maximum absolute atomic E-state index is 10.0. The number of hydrogen-bond acceptors (Lipinski definition) is 6. The molecule has 0 aliphatic rings. The van der Waals surface area contributed by atoms with Crippen LogP contribution in [-0.4, -0.2) is 34.5 Å². The SMILES string of the molecule is COc1ccc([C@@H](N)c2nc(-c3cc(Br)ccc3O)n[nH]2)cc1OC. The van der Waals surface area contributed by atoms with Crippen LogP contribution in [0.4, 0.5) is 0 Å². The lowest BCUT2D eigenvalue weighted by molar-refractivity contribution is 0.354. The number of hydrogen-bond donors (Lipinski definition) is 3. The van der Waals surface area contributed by atoms with Crippen LogP contribution in [-0.2, 0) is 0 Å². The maximum Gasteiger partial charge on any atom is 0.184 e. The molecule has 0 bridgehead atoms. The van der Waals surface area contributed by atoms with Gasteiger partial charge in [-0.1, -0.05) is 22.0 Å². The van der Waals surface area contributed by atoms with Gasteiger partial charge in [-0.15, -0.1) is 0 Å². The van der Waals surface area contributed by atoms with Gasteiger partial charge in [0.1, 0.15) is 11.6 Å². The molecule has 0 unspecified atom stereocenters. The number of aromatic nitrogens is 3. The normalized spacial score (nSPS) is 12.0. The minimum absolute atomic E-state index is 0.0911. The Labute approximate surface area is 152 Å². The molecule has 0 aliphatic carbocycles. The minimum Gasteiger partial charge on any atom is -0.507 e. The Bertz CT molecular complexity index is 897. The largest absolute Gasteiger partial charge is 0.507 e. The number of methoxy groups -OCH3 is 2. The molecule has 130 valence electrons. The van der Waals surface area contributed by atoms with Gasteiger partial charge in [0.2, 0.25) is 0 Å². The van der Waals surface area contributed by atoms with E-state index in [0.717, 1.165) is 10.0 Å². The number of nitrogens with one attached hydrogen (secondary N) is 1.